The number of benzene rings is 2. The minimum absolute atomic E-state index is 0.0726. The van der Waals surface area contributed by atoms with E-state index >= 15 is 0 Å². The van der Waals surface area contributed by atoms with Crippen molar-refractivity contribution in [1.29, 1.82) is 0 Å². The lowest BCUT2D eigenvalue weighted by molar-refractivity contribution is -0.217. The molecule has 1 fully saturated rings. The second-order valence-electron chi connectivity index (χ2n) is 6.78. The molecule has 1 saturated carbocycles. The number of ether oxygens (including phenoxy) is 2. The molecule has 0 saturated heterocycles. The van der Waals surface area contributed by atoms with E-state index in [0.29, 0.717) is 5.56 Å². The number of aliphatic hydroxyl groups is 3. The van der Waals surface area contributed by atoms with E-state index in [-0.39, 0.29) is 18.4 Å². The topological polar surface area (TPSA) is 113 Å². The molecule has 4 atom stereocenters. The molecule has 1 aliphatic rings. The van der Waals surface area contributed by atoms with Crippen LogP contribution in [0.2, 0.25) is 0 Å². The molecule has 1 aliphatic carbocycles. The van der Waals surface area contributed by atoms with Crippen LogP contribution < -0.4 is 0 Å². The normalized spacial score (nSPS) is 27.0. The molecule has 0 spiro atoms. The van der Waals surface area contributed by atoms with E-state index in [1.807, 2.05) is 0 Å². The van der Waals surface area contributed by atoms with Crippen molar-refractivity contribution in [1.82, 2.24) is 0 Å². The van der Waals surface area contributed by atoms with Gasteiger partial charge in [0, 0.05) is 0 Å². The molecule has 0 heterocycles. The van der Waals surface area contributed by atoms with E-state index in [4.69, 9.17) is 9.47 Å². The first-order chi connectivity index (χ1) is 13.4. The molecule has 0 unspecified atom stereocenters. The highest BCUT2D eigenvalue weighted by Gasteiger charge is 2.52. The van der Waals surface area contributed by atoms with E-state index in [9.17, 15) is 24.9 Å². The van der Waals surface area contributed by atoms with Crippen LogP contribution in [0.25, 0.3) is 0 Å². The van der Waals surface area contributed by atoms with Gasteiger partial charge in [0.1, 0.15) is 18.8 Å². The van der Waals surface area contributed by atoms with Gasteiger partial charge < -0.3 is 24.8 Å². The Hall–Kier alpha value is -2.74. The summed E-state index contributed by atoms with van der Waals surface area (Å²) >= 11 is 0. The largest absolute Gasteiger partial charge is 0.459 e. The molecule has 3 rings (SSSR count). The second-order valence-corrected chi connectivity index (χ2v) is 6.78. The Bertz CT molecular complexity index is 808. The smallest absolute Gasteiger partial charge is 0.338 e. The van der Waals surface area contributed by atoms with Gasteiger partial charge >= 0.3 is 11.9 Å². The second kappa shape index (κ2) is 8.52. The SMILES string of the molecule is O=C(OC[C@@]1(O)[C@@H](O)CC[C@@H](OC(=O)c2ccccc2)[C@@H]1O)c1ccccc1. The summed E-state index contributed by atoms with van der Waals surface area (Å²) in [5, 5.41) is 31.6. The quantitative estimate of drug-likeness (QED) is 0.664. The lowest BCUT2D eigenvalue weighted by Gasteiger charge is -2.43. The van der Waals surface area contributed by atoms with Crippen molar-refractivity contribution in [3.63, 3.8) is 0 Å². The highest BCUT2D eigenvalue weighted by molar-refractivity contribution is 5.89. The third-order valence-corrected chi connectivity index (χ3v) is 4.88. The number of hydrogen-bond donors (Lipinski definition) is 3. The fourth-order valence-corrected chi connectivity index (χ4v) is 3.17. The van der Waals surface area contributed by atoms with Gasteiger partial charge in [-0.05, 0) is 37.1 Å². The summed E-state index contributed by atoms with van der Waals surface area (Å²) in [4.78, 5) is 24.3. The van der Waals surface area contributed by atoms with Gasteiger partial charge in [-0.2, -0.15) is 0 Å². The number of rotatable bonds is 5. The number of carbonyl (C=O) groups is 2. The fourth-order valence-electron chi connectivity index (χ4n) is 3.17. The maximum Gasteiger partial charge on any atom is 0.338 e. The Kier molecular flexibility index (Phi) is 6.08. The molecule has 0 radical (unpaired) electrons. The molecule has 7 nitrogen and oxygen atoms in total. The fraction of sp³-hybridized carbons (Fsp3) is 0.333. The summed E-state index contributed by atoms with van der Waals surface area (Å²) < 4.78 is 10.4. The van der Waals surface area contributed by atoms with Crippen molar-refractivity contribution < 1.29 is 34.4 Å². The van der Waals surface area contributed by atoms with Crippen molar-refractivity contribution in [2.45, 2.75) is 36.8 Å². The molecule has 28 heavy (non-hydrogen) atoms. The van der Waals surface area contributed by atoms with Crippen LogP contribution >= 0.6 is 0 Å². The monoisotopic (exact) mass is 386 g/mol. The Morgan fingerprint density at radius 2 is 1.43 bits per heavy atom. The summed E-state index contributed by atoms with van der Waals surface area (Å²) in [6.07, 6.45) is -3.76. The van der Waals surface area contributed by atoms with Crippen LogP contribution in [0.3, 0.4) is 0 Å². The summed E-state index contributed by atoms with van der Waals surface area (Å²) in [6, 6.07) is 16.4. The maximum atomic E-state index is 12.2. The Morgan fingerprint density at radius 3 is 2.00 bits per heavy atom. The average molecular weight is 386 g/mol. The highest BCUT2D eigenvalue weighted by Crippen LogP contribution is 2.32. The first kappa shape index (κ1) is 20.0. The molecule has 0 bridgehead atoms. The van der Waals surface area contributed by atoms with E-state index in [0.717, 1.165) is 0 Å². The van der Waals surface area contributed by atoms with Crippen molar-refractivity contribution in [2.75, 3.05) is 6.61 Å². The third kappa shape index (κ3) is 4.22. The minimum atomic E-state index is -2.15. The summed E-state index contributed by atoms with van der Waals surface area (Å²) in [5.74, 6) is -1.35. The maximum absolute atomic E-state index is 12.2. The predicted molar refractivity (Wildman–Crippen MR) is 98.6 cm³/mol. The van der Waals surface area contributed by atoms with E-state index in [1.54, 1.807) is 60.7 Å². The third-order valence-electron chi connectivity index (χ3n) is 4.88. The number of esters is 2. The standard InChI is InChI=1S/C21H22O7/c22-17-12-11-16(28-20(25)15-9-5-2-6-10-15)18(23)21(17,26)13-27-19(24)14-7-3-1-4-8-14/h1-10,16-18,22-23,26H,11-13H2/t16-,17+,18+,21-/m1/s1. The molecule has 2 aromatic rings. The molecule has 2 aromatic carbocycles. The highest BCUT2D eigenvalue weighted by atomic mass is 16.6. The van der Waals surface area contributed by atoms with Crippen LogP contribution in [-0.2, 0) is 9.47 Å². The Balaban J connectivity index is 1.67. The van der Waals surface area contributed by atoms with Gasteiger partial charge in [0.25, 0.3) is 0 Å². The molecule has 0 aromatic heterocycles. The summed E-state index contributed by atoms with van der Waals surface area (Å²) in [7, 11) is 0. The molecule has 0 aliphatic heterocycles. The van der Waals surface area contributed by atoms with Crippen molar-refractivity contribution in [3.05, 3.63) is 71.8 Å². The Morgan fingerprint density at radius 1 is 0.893 bits per heavy atom. The zero-order valence-corrected chi connectivity index (χ0v) is 15.1. The van der Waals surface area contributed by atoms with Crippen LogP contribution in [0.4, 0.5) is 0 Å². The molecule has 7 heteroatoms. The van der Waals surface area contributed by atoms with Crippen LogP contribution in [0.5, 0.6) is 0 Å². The van der Waals surface area contributed by atoms with Crippen LogP contribution in [0, 0.1) is 0 Å². The molecule has 0 amide bonds. The zero-order valence-electron chi connectivity index (χ0n) is 15.1. The number of carbonyl (C=O) groups excluding carboxylic acids is 2. The van der Waals surface area contributed by atoms with Crippen LogP contribution in [0.1, 0.15) is 33.6 Å². The minimum Gasteiger partial charge on any atom is -0.459 e. The molecule has 3 N–H and O–H groups in total. The van der Waals surface area contributed by atoms with Crippen LogP contribution in [-0.4, -0.2) is 57.8 Å². The molecular weight excluding hydrogens is 364 g/mol. The van der Waals surface area contributed by atoms with E-state index in [1.165, 1.54) is 0 Å². The Labute approximate surface area is 162 Å². The summed E-state index contributed by atoms with van der Waals surface area (Å²) in [5.41, 5.74) is -1.57. The molecule has 148 valence electrons. The van der Waals surface area contributed by atoms with Crippen molar-refractivity contribution in [2.24, 2.45) is 0 Å². The first-order valence-electron chi connectivity index (χ1n) is 8.98. The zero-order chi connectivity index (χ0) is 20.1. The summed E-state index contributed by atoms with van der Waals surface area (Å²) in [6.45, 7) is -0.636. The van der Waals surface area contributed by atoms with Crippen LogP contribution in [0.15, 0.2) is 60.7 Å². The van der Waals surface area contributed by atoms with Gasteiger partial charge in [0.2, 0.25) is 0 Å². The first-order valence-corrected chi connectivity index (χ1v) is 8.98. The van der Waals surface area contributed by atoms with E-state index < -0.39 is 42.5 Å². The lowest BCUT2D eigenvalue weighted by Crippen LogP contribution is -2.63. The molecular formula is C21H22O7. The van der Waals surface area contributed by atoms with Crippen molar-refractivity contribution >= 4 is 11.9 Å². The predicted octanol–water partition coefficient (Wildman–Crippen LogP) is 1.32. The average Bonchev–Trinajstić information content (AvgIpc) is 2.74. The van der Waals surface area contributed by atoms with Gasteiger partial charge in [-0.15, -0.1) is 0 Å². The van der Waals surface area contributed by atoms with Gasteiger partial charge in [-0.25, -0.2) is 9.59 Å². The van der Waals surface area contributed by atoms with Gasteiger partial charge in [0.15, 0.2) is 5.60 Å². The van der Waals surface area contributed by atoms with Crippen molar-refractivity contribution in [3.8, 4) is 0 Å². The lowest BCUT2D eigenvalue weighted by atomic mass is 9.78. The van der Waals surface area contributed by atoms with Gasteiger partial charge in [-0.3, -0.25) is 0 Å². The van der Waals surface area contributed by atoms with Gasteiger partial charge in [-0.1, -0.05) is 36.4 Å². The number of hydrogen-bond acceptors (Lipinski definition) is 7. The van der Waals surface area contributed by atoms with Gasteiger partial charge in [0.05, 0.1) is 17.2 Å². The van der Waals surface area contributed by atoms with E-state index in [2.05, 4.69) is 0 Å². The number of aliphatic hydroxyl groups excluding tert-OH is 2.